The van der Waals surface area contributed by atoms with Crippen LogP contribution >= 0.6 is 0 Å². The number of phenolic OH excluding ortho intramolecular Hbond substituents is 1. The lowest BCUT2D eigenvalue weighted by molar-refractivity contribution is -0.195. The molecule has 4 aliphatic heterocycles. The first-order valence-electron chi connectivity index (χ1n) is 22.9. The maximum Gasteiger partial charge on any atom is 0.411 e. The average Bonchev–Trinajstić information content (AvgIpc) is 3.86. The van der Waals surface area contributed by atoms with E-state index in [1.54, 1.807) is 18.2 Å². The molecular formula is C48H50N6O18S. The van der Waals surface area contributed by atoms with Crippen LogP contribution in [0.15, 0.2) is 59.4 Å². The molecule has 1 saturated heterocycles. The highest BCUT2D eigenvalue weighted by Gasteiger charge is 2.38. The number of ether oxygens (including phenoxy) is 5. The zero-order chi connectivity index (χ0) is 52.5. The number of aromatic hydroxyl groups is 1. The molecule has 4 N–H and O–H groups in total. The van der Waals surface area contributed by atoms with Crippen molar-refractivity contribution in [3.8, 4) is 22.9 Å². The number of fused-ring (bicyclic) bond motifs is 5. The van der Waals surface area contributed by atoms with E-state index in [0.29, 0.717) is 23.3 Å². The van der Waals surface area contributed by atoms with Crippen molar-refractivity contribution in [1.29, 1.82) is 0 Å². The minimum atomic E-state index is -3.69. The number of hydrogen-bond donors (Lipinski definition) is 4. The smallest absolute Gasteiger partial charge is 0.411 e. The lowest BCUT2D eigenvalue weighted by atomic mass is 9.97. The average molecular weight is 1030 g/mol. The number of pyridine rings is 2. The number of aromatic nitrogens is 2. The standard InChI is InChI=1S/C48H50N6O18S/c1-4-28-29-16-26(55)6-7-33(29)50-43-31(28)20-54-35(43)19-30-32(45(54)61)23-68-47(64)44(30)70-24-52(13-14-73(3,66)67)48(65)69-22-25-5-8-36(71-42-18-27(56)17-37(72-42)46(62)63)34(15-25)49-38(57)21-51(2)39(58)11-12-53-40(59)9-10-41(53)60/h5-10,15-16,19,27,37,42,44,55-56H,4,11-14,17-18,20-24H2,1-3H3,(H,49,57)(H,62,63). The summed E-state index contributed by atoms with van der Waals surface area (Å²) in [4.78, 5) is 111. The summed E-state index contributed by atoms with van der Waals surface area (Å²) in [6.45, 7) is -0.709. The van der Waals surface area contributed by atoms with Gasteiger partial charge in [-0.1, -0.05) is 13.0 Å². The lowest BCUT2D eigenvalue weighted by Gasteiger charge is -2.31. The summed E-state index contributed by atoms with van der Waals surface area (Å²) < 4.78 is 54.6. The fraction of sp³-hybridized carbons (Fsp3) is 0.396. The number of aliphatic hydroxyl groups is 1. The van der Waals surface area contributed by atoms with E-state index in [-0.39, 0.29) is 72.8 Å². The van der Waals surface area contributed by atoms with E-state index in [0.717, 1.165) is 49.6 Å². The number of carboxylic acids is 1. The third-order valence-electron chi connectivity index (χ3n) is 12.5. The number of sulfone groups is 1. The summed E-state index contributed by atoms with van der Waals surface area (Å²) >= 11 is 0. The zero-order valence-electron chi connectivity index (χ0n) is 39.6. The zero-order valence-corrected chi connectivity index (χ0v) is 40.4. The van der Waals surface area contributed by atoms with Crippen LogP contribution in [0.3, 0.4) is 0 Å². The number of nitrogens with one attached hydrogen (secondary N) is 1. The van der Waals surface area contributed by atoms with Gasteiger partial charge in [0.1, 0.15) is 41.3 Å². The van der Waals surface area contributed by atoms with Gasteiger partial charge in [-0.15, -0.1) is 0 Å². The molecule has 4 aromatic rings. The van der Waals surface area contributed by atoms with Gasteiger partial charge in [0.25, 0.3) is 17.4 Å². The van der Waals surface area contributed by atoms with Crippen molar-refractivity contribution in [3.63, 3.8) is 0 Å². The van der Waals surface area contributed by atoms with Crippen LogP contribution in [0.2, 0.25) is 0 Å². The third kappa shape index (κ3) is 11.5. The molecule has 2 aromatic carbocycles. The van der Waals surface area contributed by atoms with Crippen molar-refractivity contribution in [2.75, 3.05) is 50.7 Å². The van der Waals surface area contributed by atoms with Gasteiger partial charge in [0.15, 0.2) is 12.2 Å². The molecule has 386 valence electrons. The SMILES string of the molecule is CCc1c2c(nc3ccc(O)cc13)-c1cc3c(c(=O)n1C2)COC(=O)C3OCN(CCS(C)(=O)=O)C(=O)OCc1ccc(OC2CC(O)CC(C(=O)O)O2)c(NC(=O)CN(C)C(=O)CCN2C(=O)C=CC2=O)c1. The Bertz CT molecular complexity index is 3140. The fourth-order valence-electron chi connectivity index (χ4n) is 8.78. The predicted octanol–water partition coefficient (Wildman–Crippen LogP) is 1.49. The van der Waals surface area contributed by atoms with Crippen molar-refractivity contribution < 1.29 is 81.0 Å². The molecule has 2 aromatic heterocycles. The highest BCUT2D eigenvalue weighted by molar-refractivity contribution is 7.90. The number of imide groups is 1. The Hall–Kier alpha value is -7.74. The first-order valence-corrected chi connectivity index (χ1v) is 25.0. The van der Waals surface area contributed by atoms with Gasteiger partial charge >= 0.3 is 18.0 Å². The normalized spacial score (nSPS) is 19.0. The fourth-order valence-corrected chi connectivity index (χ4v) is 9.33. The number of likely N-dealkylation sites (N-methyl/N-ethyl adjacent to an activating group) is 1. The van der Waals surface area contributed by atoms with E-state index in [2.05, 4.69) is 5.32 Å². The van der Waals surface area contributed by atoms with Gasteiger partial charge in [-0.05, 0) is 53.9 Å². The van der Waals surface area contributed by atoms with E-state index in [1.807, 2.05) is 6.92 Å². The Morgan fingerprint density at radius 1 is 1.00 bits per heavy atom. The molecule has 4 aliphatic rings. The van der Waals surface area contributed by atoms with Crippen LogP contribution < -0.4 is 15.6 Å². The number of aliphatic hydroxyl groups excluding tert-OH is 1. The second kappa shape index (κ2) is 21.2. The van der Waals surface area contributed by atoms with Crippen molar-refractivity contribution in [2.45, 2.75) is 77.0 Å². The predicted molar refractivity (Wildman–Crippen MR) is 252 cm³/mol. The van der Waals surface area contributed by atoms with Gasteiger partial charge in [0, 0.05) is 74.3 Å². The molecule has 8 rings (SSSR count). The molecule has 25 heteroatoms. The maximum absolute atomic E-state index is 14.1. The Morgan fingerprint density at radius 2 is 1.75 bits per heavy atom. The number of rotatable bonds is 18. The number of esters is 1. The van der Waals surface area contributed by atoms with Gasteiger partial charge in [-0.2, -0.15) is 0 Å². The summed E-state index contributed by atoms with van der Waals surface area (Å²) in [5.41, 5.74) is 3.11. The molecule has 0 radical (unpaired) electrons. The van der Waals surface area contributed by atoms with E-state index in [4.69, 9.17) is 28.7 Å². The Morgan fingerprint density at radius 3 is 2.47 bits per heavy atom. The number of nitrogens with zero attached hydrogens (tertiary/aromatic N) is 5. The Kier molecular flexibility index (Phi) is 15.0. The molecule has 24 nitrogen and oxygen atoms in total. The van der Waals surface area contributed by atoms with E-state index >= 15 is 0 Å². The number of carbonyl (C=O) groups is 7. The minimum absolute atomic E-state index is 0.0573. The number of anilines is 1. The second-order valence-electron chi connectivity index (χ2n) is 17.7. The molecule has 6 heterocycles. The maximum atomic E-state index is 14.1. The summed E-state index contributed by atoms with van der Waals surface area (Å²) in [6.07, 6.45) is -3.44. The van der Waals surface area contributed by atoms with Gasteiger partial charge in [0.05, 0.1) is 53.1 Å². The summed E-state index contributed by atoms with van der Waals surface area (Å²) in [5.74, 6) is -5.30. The third-order valence-corrected chi connectivity index (χ3v) is 13.4. The quantitative estimate of drug-likeness (QED) is 0.0549. The largest absolute Gasteiger partial charge is 0.508 e. The topological polar surface area (TPSA) is 317 Å². The molecule has 73 heavy (non-hydrogen) atoms. The number of hydrogen-bond acceptors (Lipinski definition) is 18. The summed E-state index contributed by atoms with van der Waals surface area (Å²) in [5, 5.41) is 33.5. The van der Waals surface area contributed by atoms with Crippen molar-refractivity contribution in [1.82, 2.24) is 24.3 Å². The second-order valence-corrected chi connectivity index (χ2v) is 20.0. The van der Waals surface area contributed by atoms with Crippen LogP contribution in [0.5, 0.6) is 11.5 Å². The molecule has 0 saturated carbocycles. The number of cyclic esters (lactones) is 1. The van der Waals surface area contributed by atoms with Crippen LogP contribution in [-0.4, -0.2) is 154 Å². The lowest BCUT2D eigenvalue weighted by Crippen LogP contribution is -2.42. The van der Waals surface area contributed by atoms with Crippen LogP contribution in [0.1, 0.15) is 60.1 Å². The number of aliphatic carboxylic acids is 1. The van der Waals surface area contributed by atoms with Crippen molar-refractivity contribution in [3.05, 3.63) is 92.8 Å². The van der Waals surface area contributed by atoms with Crippen molar-refractivity contribution >= 4 is 68.1 Å². The van der Waals surface area contributed by atoms with Crippen LogP contribution in [-0.2, 0) is 83.7 Å². The van der Waals surface area contributed by atoms with Gasteiger partial charge in [-0.3, -0.25) is 33.8 Å². The molecule has 4 unspecified atom stereocenters. The van der Waals surface area contributed by atoms with Crippen LogP contribution in [0.25, 0.3) is 22.3 Å². The minimum Gasteiger partial charge on any atom is -0.508 e. The Balaban J connectivity index is 0.994. The molecule has 0 aliphatic carbocycles. The number of aryl methyl sites for hydroxylation is 1. The number of amides is 5. The summed E-state index contributed by atoms with van der Waals surface area (Å²) in [7, 11) is -2.37. The first kappa shape index (κ1) is 51.6. The van der Waals surface area contributed by atoms with E-state index < -0.39 is 114 Å². The van der Waals surface area contributed by atoms with Crippen LogP contribution in [0.4, 0.5) is 10.5 Å². The molecule has 5 amide bonds. The highest BCUT2D eigenvalue weighted by Crippen LogP contribution is 2.39. The first-order chi connectivity index (χ1) is 34.7. The molecule has 0 bridgehead atoms. The number of phenols is 1. The van der Waals surface area contributed by atoms with Gasteiger partial charge in [0.2, 0.25) is 18.1 Å². The number of carboxylic acid groups (broad SMARTS) is 1. The monoisotopic (exact) mass is 1030 g/mol. The highest BCUT2D eigenvalue weighted by atomic mass is 32.2. The molecule has 0 spiro atoms. The molecule has 4 atom stereocenters. The van der Waals surface area contributed by atoms with Crippen molar-refractivity contribution in [2.24, 2.45) is 0 Å². The van der Waals surface area contributed by atoms with E-state index in [1.165, 1.54) is 35.9 Å². The number of carbonyl (C=O) groups excluding carboxylic acids is 6. The van der Waals surface area contributed by atoms with Crippen LogP contribution in [0, 0.1) is 0 Å². The van der Waals surface area contributed by atoms with Gasteiger partial charge < -0.3 is 53.8 Å². The van der Waals surface area contributed by atoms with E-state index in [9.17, 15) is 62.1 Å². The van der Waals surface area contributed by atoms with Gasteiger partial charge in [-0.25, -0.2) is 27.8 Å². The molecular weight excluding hydrogens is 981 g/mol. The molecule has 1 fully saturated rings. The Labute approximate surface area is 415 Å². The summed E-state index contributed by atoms with van der Waals surface area (Å²) in [6, 6.07) is 10.5. The number of benzene rings is 2.